The van der Waals surface area contributed by atoms with Crippen molar-refractivity contribution in [2.45, 2.75) is 45.4 Å². The Morgan fingerprint density at radius 3 is 1.75 bits per heavy atom. The van der Waals surface area contributed by atoms with Crippen molar-refractivity contribution in [3.8, 4) is 0 Å². The fraction of sp³-hybridized carbons (Fsp3) is 0.368. The van der Waals surface area contributed by atoms with Crippen LogP contribution in [0.25, 0.3) is 0 Å². The summed E-state index contributed by atoms with van der Waals surface area (Å²) in [4.78, 5) is 0. The van der Waals surface area contributed by atoms with Gasteiger partial charge in [0.1, 0.15) is 0 Å². The Morgan fingerprint density at radius 2 is 1.30 bits per heavy atom. The first-order chi connectivity index (χ1) is 9.27. The van der Waals surface area contributed by atoms with E-state index < -0.39 is 0 Å². The maximum atomic E-state index is 6.64. The molecule has 2 aromatic rings. The first-order valence-corrected chi connectivity index (χ1v) is 7.54. The van der Waals surface area contributed by atoms with E-state index in [2.05, 4.69) is 77.1 Å². The van der Waals surface area contributed by atoms with Crippen LogP contribution in [-0.2, 0) is 5.41 Å². The van der Waals surface area contributed by atoms with Crippen molar-refractivity contribution < 1.29 is 0 Å². The lowest BCUT2D eigenvalue weighted by atomic mass is 9.86. The molecule has 20 heavy (non-hydrogen) atoms. The minimum atomic E-state index is -0.0809. The molecule has 106 valence electrons. The predicted octanol–water partition coefficient (Wildman–Crippen LogP) is 5.93. The van der Waals surface area contributed by atoms with Crippen molar-refractivity contribution in [1.82, 2.24) is 0 Å². The molecular formula is C19H23Cl. The Bertz CT molecular complexity index is 568. The fourth-order valence-electron chi connectivity index (χ4n) is 2.50. The number of halogens is 1. The van der Waals surface area contributed by atoms with E-state index in [4.69, 9.17) is 11.6 Å². The molecule has 0 radical (unpaired) electrons. The molecule has 0 aliphatic carbocycles. The van der Waals surface area contributed by atoms with Crippen LogP contribution in [0.2, 0.25) is 0 Å². The number of alkyl halides is 1. The van der Waals surface area contributed by atoms with Gasteiger partial charge >= 0.3 is 0 Å². The summed E-state index contributed by atoms with van der Waals surface area (Å²) in [6.07, 6.45) is 0. The zero-order chi connectivity index (χ0) is 14.9. The largest absolute Gasteiger partial charge is 0.113 e. The Hall–Kier alpha value is -1.27. The standard InChI is InChI=1S/C19H23Cl/c1-13-10-14(2)12-16(11-13)18(20)15-6-8-17(9-7-15)19(3,4)5/h6-12,18H,1-5H3. The molecule has 0 spiro atoms. The van der Waals surface area contributed by atoms with Crippen LogP contribution in [0, 0.1) is 13.8 Å². The van der Waals surface area contributed by atoms with Gasteiger partial charge in [0, 0.05) is 0 Å². The highest BCUT2D eigenvalue weighted by Crippen LogP contribution is 2.31. The Kier molecular flexibility index (Phi) is 4.25. The topological polar surface area (TPSA) is 0 Å². The normalized spacial score (nSPS) is 13.3. The van der Waals surface area contributed by atoms with Gasteiger partial charge in [0.2, 0.25) is 0 Å². The molecule has 1 unspecified atom stereocenters. The zero-order valence-corrected chi connectivity index (χ0v) is 13.8. The van der Waals surface area contributed by atoms with Crippen molar-refractivity contribution in [2.75, 3.05) is 0 Å². The monoisotopic (exact) mass is 286 g/mol. The Labute approximate surface area is 127 Å². The van der Waals surface area contributed by atoms with Gasteiger partial charge in [-0.05, 0) is 36.0 Å². The van der Waals surface area contributed by atoms with Crippen LogP contribution >= 0.6 is 11.6 Å². The molecule has 1 atom stereocenters. The van der Waals surface area contributed by atoms with Crippen molar-refractivity contribution in [3.05, 3.63) is 70.3 Å². The molecule has 1 heteroatoms. The van der Waals surface area contributed by atoms with E-state index in [0.29, 0.717) is 0 Å². The SMILES string of the molecule is Cc1cc(C)cc(C(Cl)c2ccc(C(C)(C)C)cc2)c1. The summed E-state index contributed by atoms with van der Waals surface area (Å²) < 4.78 is 0. The van der Waals surface area contributed by atoms with Crippen molar-refractivity contribution in [1.29, 1.82) is 0 Å². The summed E-state index contributed by atoms with van der Waals surface area (Å²) in [6, 6.07) is 15.2. The highest BCUT2D eigenvalue weighted by molar-refractivity contribution is 6.22. The summed E-state index contributed by atoms with van der Waals surface area (Å²) in [5.74, 6) is 0. The van der Waals surface area contributed by atoms with Crippen LogP contribution < -0.4 is 0 Å². The lowest BCUT2D eigenvalue weighted by molar-refractivity contribution is 0.590. The van der Waals surface area contributed by atoms with Gasteiger partial charge in [-0.2, -0.15) is 0 Å². The van der Waals surface area contributed by atoms with Gasteiger partial charge in [-0.3, -0.25) is 0 Å². The molecule has 2 rings (SSSR count). The van der Waals surface area contributed by atoms with Crippen LogP contribution in [0.4, 0.5) is 0 Å². The Balaban J connectivity index is 2.31. The maximum absolute atomic E-state index is 6.64. The molecule has 0 N–H and O–H groups in total. The third kappa shape index (κ3) is 3.43. The van der Waals surface area contributed by atoms with Gasteiger partial charge in [0.05, 0.1) is 5.38 Å². The van der Waals surface area contributed by atoms with Crippen molar-refractivity contribution in [2.24, 2.45) is 0 Å². The van der Waals surface area contributed by atoms with Gasteiger partial charge in [0.15, 0.2) is 0 Å². The zero-order valence-electron chi connectivity index (χ0n) is 13.0. The second-order valence-corrected chi connectivity index (χ2v) is 7.09. The van der Waals surface area contributed by atoms with E-state index in [0.717, 1.165) is 5.56 Å². The van der Waals surface area contributed by atoms with E-state index in [1.807, 2.05) is 0 Å². The van der Waals surface area contributed by atoms with Crippen LogP contribution in [0.5, 0.6) is 0 Å². The lowest BCUT2D eigenvalue weighted by Gasteiger charge is -2.20. The number of benzene rings is 2. The molecule has 0 aromatic heterocycles. The van der Waals surface area contributed by atoms with Gasteiger partial charge in [-0.1, -0.05) is 74.4 Å². The van der Waals surface area contributed by atoms with E-state index in [1.165, 1.54) is 22.3 Å². The van der Waals surface area contributed by atoms with Crippen LogP contribution in [0.1, 0.15) is 54.0 Å². The molecule has 0 saturated heterocycles. The highest BCUT2D eigenvalue weighted by Gasteiger charge is 2.15. The number of aryl methyl sites for hydroxylation is 2. The minimum Gasteiger partial charge on any atom is -0.113 e. The second-order valence-electron chi connectivity index (χ2n) is 6.66. The molecule has 0 aliphatic rings. The van der Waals surface area contributed by atoms with Gasteiger partial charge < -0.3 is 0 Å². The summed E-state index contributed by atoms with van der Waals surface area (Å²) >= 11 is 6.64. The van der Waals surface area contributed by atoms with Gasteiger partial charge in [-0.25, -0.2) is 0 Å². The maximum Gasteiger partial charge on any atom is 0.0835 e. The highest BCUT2D eigenvalue weighted by atomic mass is 35.5. The molecule has 0 nitrogen and oxygen atoms in total. The van der Waals surface area contributed by atoms with Gasteiger partial charge in [-0.15, -0.1) is 11.6 Å². The third-order valence-corrected chi connectivity index (χ3v) is 4.11. The van der Waals surface area contributed by atoms with Crippen LogP contribution in [0.3, 0.4) is 0 Å². The molecule has 0 amide bonds. The average molecular weight is 287 g/mol. The predicted molar refractivity (Wildman–Crippen MR) is 88.8 cm³/mol. The number of hydrogen-bond donors (Lipinski definition) is 0. The van der Waals surface area contributed by atoms with E-state index in [9.17, 15) is 0 Å². The summed E-state index contributed by atoms with van der Waals surface area (Å²) in [5, 5.41) is -0.0809. The van der Waals surface area contributed by atoms with Crippen LogP contribution in [-0.4, -0.2) is 0 Å². The quantitative estimate of drug-likeness (QED) is 0.600. The third-order valence-electron chi connectivity index (χ3n) is 3.61. The van der Waals surface area contributed by atoms with E-state index in [1.54, 1.807) is 0 Å². The molecule has 0 bridgehead atoms. The number of rotatable bonds is 2. The molecule has 2 aromatic carbocycles. The van der Waals surface area contributed by atoms with Crippen molar-refractivity contribution >= 4 is 11.6 Å². The lowest BCUT2D eigenvalue weighted by Crippen LogP contribution is -2.10. The number of hydrogen-bond acceptors (Lipinski definition) is 0. The molecule has 0 saturated carbocycles. The summed E-state index contributed by atoms with van der Waals surface area (Å²) in [5.41, 5.74) is 6.37. The molecule has 0 heterocycles. The smallest absolute Gasteiger partial charge is 0.0835 e. The minimum absolute atomic E-state index is 0.0809. The fourth-order valence-corrected chi connectivity index (χ4v) is 2.77. The van der Waals surface area contributed by atoms with Gasteiger partial charge in [0.25, 0.3) is 0 Å². The molecule has 0 aliphatic heterocycles. The molecular weight excluding hydrogens is 264 g/mol. The average Bonchev–Trinajstić information content (AvgIpc) is 2.36. The first kappa shape index (κ1) is 15.1. The summed E-state index contributed by atoms with van der Waals surface area (Å²) in [6.45, 7) is 10.9. The second kappa shape index (κ2) is 5.61. The molecule has 0 fully saturated rings. The summed E-state index contributed by atoms with van der Waals surface area (Å²) in [7, 11) is 0. The van der Waals surface area contributed by atoms with E-state index >= 15 is 0 Å². The van der Waals surface area contributed by atoms with E-state index in [-0.39, 0.29) is 10.8 Å². The Morgan fingerprint density at radius 1 is 0.800 bits per heavy atom. The van der Waals surface area contributed by atoms with Crippen molar-refractivity contribution in [3.63, 3.8) is 0 Å². The first-order valence-electron chi connectivity index (χ1n) is 7.10. The van der Waals surface area contributed by atoms with Crippen LogP contribution in [0.15, 0.2) is 42.5 Å².